The van der Waals surface area contributed by atoms with Gasteiger partial charge in [0.15, 0.2) is 6.61 Å². The van der Waals surface area contributed by atoms with E-state index < -0.39 is 24.0 Å². The molecule has 0 unspecified atom stereocenters. The van der Waals surface area contributed by atoms with E-state index in [1.807, 2.05) is 0 Å². The summed E-state index contributed by atoms with van der Waals surface area (Å²) in [7, 11) is 0. The lowest BCUT2D eigenvalue weighted by molar-refractivity contribution is -0.153. The van der Waals surface area contributed by atoms with Crippen molar-refractivity contribution in [2.75, 3.05) is 11.9 Å². The Labute approximate surface area is 148 Å². The maximum atomic E-state index is 13.5. The molecule has 0 aromatic heterocycles. The van der Waals surface area contributed by atoms with E-state index in [0.717, 1.165) is 6.42 Å². The van der Waals surface area contributed by atoms with Crippen molar-refractivity contribution >= 4 is 11.6 Å². The first kappa shape index (κ1) is 18.2. The highest BCUT2D eigenvalue weighted by Gasteiger charge is 2.45. The second kappa shape index (κ2) is 6.97. The SMILES string of the molecule is O=C(Nc1ccc(OCC(F)(F)F)cc1)C1(c2cccc(F)c2)CCC1. The Kier molecular flexibility index (Phi) is 4.89. The van der Waals surface area contributed by atoms with Gasteiger partial charge in [0.2, 0.25) is 5.91 Å². The molecule has 1 amide bonds. The molecule has 3 rings (SSSR count). The summed E-state index contributed by atoms with van der Waals surface area (Å²) < 4.78 is 54.6. The molecule has 0 saturated heterocycles. The van der Waals surface area contributed by atoms with Crippen LogP contribution in [0.5, 0.6) is 5.75 Å². The summed E-state index contributed by atoms with van der Waals surface area (Å²) in [5.74, 6) is -0.588. The van der Waals surface area contributed by atoms with Crippen LogP contribution in [0.2, 0.25) is 0 Å². The van der Waals surface area contributed by atoms with Crippen LogP contribution in [0.15, 0.2) is 48.5 Å². The Hall–Kier alpha value is -2.57. The molecule has 0 heterocycles. The molecule has 1 aliphatic carbocycles. The van der Waals surface area contributed by atoms with Crippen molar-refractivity contribution in [3.63, 3.8) is 0 Å². The second-order valence-corrected chi connectivity index (χ2v) is 6.33. The predicted molar refractivity (Wildman–Crippen MR) is 88.6 cm³/mol. The number of rotatable bonds is 5. The molecule has 1 fully saturated rings. The molecule has 2 aromatic carbocycles. The van der Waals surface area contributed by atoms with Crippen molar-refractivity contribution < 1.29 is 27.1 Å². The van der Waals surface area contributed by atoms with Crippen LogP contribution in [-0.2, 0) is 10.2 Å². The molecule has 1 saturated carbocycles. The lowest BCUT2D eigenvalue weighted by Gasteiger charge is -2.40. The molecule has 138 valence electrons. The van der Waals surface area contributed by atoms with Crippen molar-refractivity contribution in [3.8, 4) is 5.75 Å². The Morgan fingerprint density at radius 3 is 2.35 bits per heavy atom. The fraction of sp³-hybridized carbons (Fsp3) is 0.316. The Morgan fingerprint density at radius 1 is 1.12 bits per heavy atom. The summed E-state index contributed by atoms with van der Waals surface area (Å²) in [6, 6.07) is 11.7. The van der Waals surface area contributed by atoms with Crippen molar-refractivity contribution in [1.29, 1.82) is 0 Å². The van der Waals surface area contributed by atoms with Gasteiger partial charge in [0, 0.05) is 5.69 Å². The number of nitrogens with one attached hydrogen (secondary N) is 1. The van der Waals surface area contributed by atoms with Gasteiger partial charge >= 0.3 is 6.18 Å². The molecule has 0 bridgehead atoms. The first-order valence-electron chi connectivity index (χ1n) is 8.16. The fourth-order valence-electron chi connectivity index (χ4n) is 3.01. The van der Waals surface area contributed by atoms with Crippen LogP contribution in [0.4, 0.5) is 23.2 Å². The zero-order chi connectivity index (χ0) is 18.8. The molecule has 1 N–H and O–H groups in total. The van der Waals surface area contributed by atoms with E-state index in [4.69, 9.17) is 0 Å². The molecular weight excluding hydrogens is 350 g/mol. The van der Waals surface area contributed by atoms with E-state index in [2.05, 4.69) is 10.1 Å². The van der Waals surface area contributed by atoms with Crippen LogP contribution in [-0.4, -0.2) is 18.7 Å². The molecule has 7 heteroatoms. The van der Waals surface area contributed by atoms with E-state index >= 15 is 0 Å². The van der Waals surface area contributed by atoms with Crippen LogP contribution in [0.1, 0.15) is 24.8 Å². The Bertz CT molecular complexity index is 783. The zero-order valence-corrected chi connectivity index (χ0v) is 13.8. The number of carbonyl (C=O) groups excluding carboxylic acids is 1. The van der Waals surface area contributed by atoms with E-state index in [1.165, 1.54) is 36.4 Å². The minimum absolute atomic E-state index is 0.0591. The number of amides is 1. The average Bonchev–Trinajstić information content (AvgIpc) is 2.52. The summed E-state index contributed by atoms with van der Waals surface area (Å²) >= 11 is 0. The van der Waals surface area contributed by atoms with Crippen molar-refractivity contribution in [2.45, 2.75) is 30.9 Å². The normalized spacial score (nSPS) is 15.8. The molecule has 0 atom stereocenters. The largest absolute Gasteiger partial charge is 0.484 e. The number of halogens is 4. The lowest BCUT2D eigenvalue weighted by atomic mass is 9.63. The fourth-order valence-corrected chi connectivity index (χ4v) is 3.01. The maximum absolute atomic E-state index is 13.5. The van der Waals surface area contributed by atoms with E-state index in [-0.39, 0.29) is 11.7 Å². The van der Waals surface area contributed by atoms with Gasteiger partial charge in [-0.3, -0.25) is 4.79 Å². The minimum Gasteiger partial charge on any atom is -0.484 e. The van der Waals surface area contributed by atoms with Gasteiger partial charge in [0.1, 0.15) is 11.6 Å². The molecule has 3 nitrogen and oxygen atoms in total. The van der Waals surface area contributed by atoms with Crippen molar-refractivity contribution in [1.82, 2.24) is 0 Å². The van der Waals surface area contributed by atoms with Crippen LogP contribution in [0.3, 0.4) is 0 Å². The third-order valence-electron chi connectivity index (χ3n) is 4.53. The van der Waals surface area contributed by atoms with Crippen LogP contribution in [0, 0.1) is 5.82 Å². The second-order valence-electron chi connectivity index (χ2n) is 6.33. The molecule has 1 aliphatic rings. The molecule has 26 heavy (non-hydrogen) atoms. The van der Waals surface area contributed by atoms with Gasteiger partial charge in [-0.05, 0) is 54.8 Å². The van der Waals surface area contributed by atoms with Gasteiger partial charge in [-0.15, -0.1) is 0 Å². The number of ether oxygens (including phenoxy) is 1. The monoisotopic (exact) mass is 367 g/mol. The number of carbonyl (C=O) groups is 1. The van der Waals surface area contributed by atoms with Gasteiger partial charge in [-0.2, -0.15) is 13.2 Å². The smallest absolute Gasteiger partial charge is 0.422 e. The quantitative estimate of drug-likeness (QED) is 0.769. The van der Waals surface area contributed by atoms with Gasteiger partial charge in [0.05, 0.1) is 5.41 Å². The Balaban J connectivity index is 1.69. The highest BCUT2D eigenvalue weighted by molar-refractivity contribution is 5.99. The molecule has 0 spiro atoms. The van der Waals surface area contributed by atoms with Gasteiger partial charge < -0.3 is 10.1 Å². The first-order chi connectivity index (χ1) is 12.3. The van der Waals surface area contributed by atoms with Crippen LogP contribution in [0.25, 0.3) is 0 Å². The van der Waals surface area contributed by atoms with Crippen molar-refractivity contribution in [3.05, 3.63) is 59.9 Å². The summed E-state index contributed by atoms with van der Waals surface area (Å²) in [6.45, 7) is -1.37. The van der Waals surface area contributed by atoms with Crippen LogP contribution < -0.4 is 10.1 Å². The topological polar surface area (TPSA) is 38.3 Å². The molecule has 2 aromatic rings. The molecular formula is C19H17F4NO2. The van der Waals surface area contributed by atoms with Crippen LogP contribution >= 0.6 is 0 Å². The molecule has 0 radical (unpaired) electrons. The lowest BCUT2D eigenvalue weighted by Crippen LogP contribution is -2.46. The zero-order valence-electron chi connectivity index (χ0n) is 13.8. The summed E-state index contributed by atoms with van der Waals surface area (Å²) in [4.78, 5) is 12.8. The highest BCUT2D eigenvalue weighted by atomic mass is 19.4. The standard InChI is InChI=1S/C19H17F4NO2/c20-14-4-1-3-13(11-14)18(9-2-10-18)17(25)24-15-5-7-16(8-6-15)26-12-19(21,22)23/h1,3-8,11H,2,9-10,12H2,(H,24,25). The van der Waals surface area contributed by atoms with E-state index in [9.17, 15) is 22.4 Å². The number of hydrogen-bond acceptors (Lipinski definition) is 2. The summed E-state index contributed by atoms with van der Waals surface area (Å²) in [5.41, 5.74) is 0.302. The number of alkyl halides is 3. The third kappa shape index (κ3) is 3.98. The predicted octanol–water partition coefficient (Wildman–Crippen LogP) is 4.83. The number of hydrogen-bond donors (Lipinski definition) is 1. The molecule has 0 aliphatic heterocycles. The first-order valence-corrected chi connectivity index (χ1v) is 8.16. The minimum atomic E-state index is -4.41. The number of anilines is 1. The van der Waals surface area contributed by atoms with E-state index in [0.29, 0.717) is 24.1 Å². The highest BCUT2D eigenvalue weighted by Crippen LogP contribution is 2.44. The maximum Gasteiger partial charge on any atom is 0.422 e. The van der Waals surface area contributed by atoms with Gasteiger partial charge in [-0.25, -0.2) is 4.39 Å². The Morgan fingerprint density at radius 2 is 1.81 bits per heavy atom. The third-order valence-corrected chi connectivity index (χ3v) is 4.53. The van der Waals surface area contributed by atoms with Gasteiger partial charge in [0.25, 0.3) is 0 Å². The van der Waals surface area contributed by atoms with E-state index in [1.54, 1.807) is 12.1 Å². The number of benzene rings is 2. The van der Waals surface area contributed by atoms with Gasteiger partial charge in [-0.1, -0.05) is 18.6 Å². The average molecular weight is 367 g/mol. The summed E-state index contributed by atoms with van der Waals surface area (Å²) in [5, 5.41) is 2.76. The van der Waals surface area contributed by atoms with Crippen molar-refractivity contribution in [2.24, 2.45) is 0 Å². The summed E-state index contributed by atoms with van der Waals surface area (Å²) in [6.07, 6.45) is -2.30.